The molecule has 2 heterocycles. The lowest BCUT2D eigenvalue weighted by Crippen LogP contribution is -2.25. The van der Waals surface area contributed by atoms with Gasteiger partial charge >= 0.3 is 0 Å². The Hall–Kier alpha value is -2.15. The number of carbonyl (C=O) groups is 1. The summed E-state index contributed by atoms with van der Waals surface area (Å²) in [4.78, 5) is 11.7. The second kappa shape index (κ2) is 8.47. The van der Waals surface area contributed by atoms with Crippen LogP contribution < -0.4 is 5.32 Å². The average molecular weight is 321 g/mol. The summed E-state index contributed by atoms with van der Waals surface area (Å²) >= 11 is 0. The number of ether oxygens (including phenoxy) is 1. The van der Waals surface area contributed by atoms with Crippen molar-refractivity contribution in [2.75, 3.05) is 19.8 Å². The van der Waals surface area contributed by atoms with Crippen LogP contribution in [0.3, 0.4) is 0 Å². The zero-order chi connectivity index (χ0) is 16.7. The number of rotatable bonds is 9. The summed E-state index contributed by atoms with van der Waals surface area (Å²) < 4.78 is 16.2. The zero-order valence-corrected chi connectivity index (χ0v) is 13.8. The molecule has 0 saturated carbocycles. The van der Waals surface area contributed by atoms with Gasteiger partial charge in [0, 0.05) is 32.6 Å². The van der Waals surface area contributed by atoms with Crippen molar-refractivity contribution in [1.29, 1.82) is 0 Å². The average Bonchev–Trinajstić information content (AvgIpc) is 3.11. The van der Waals surface area contributed by atoms with E-state index in [-0.39, 0.29) is 5.91 Å². The molecule has 0 fully saturated rings. The minimum absolute atomic E-state index is 0.0309. The van der Waals surface area contributed by atoms with Crippen LogP contribution in [0.1, 0.15) is 37.2 Å². The van der Waals surface area contributed by atoms with Gasteiger partial charge in [0.2, 0.25) is 11.8 Å². The Morgan fingerprint density at radius 2 is 2.13 bits per heavy atom. The molecule has 7 heteroatoms. The van der Waals surface area contributed by atoms with E-state index in [1.54, 1.807) is 0 Å². The first-order chi connectivity index (χ1) is 11.1. The van der Waals surface area contributed by atoms with Gasteiger partial charge in [0.05, 0.1) is 5.56 Å². The van der Waals surface area contributed by atoms with Crippen molar-refractivity contribution in [3.05, 3.63) is 23.5 Å². The van der Waals surface area contributed by atoms with Gasteiger partial charge in [-0.1, -0.05) is 0 Å². The third-order valence-electron chi connectivity index (χ3n) is 3.30. The quantitative estimate of drug-likeness (QED) is 0.713. The summed E-state index contributed by atoms with van der Waals surface area (Å²) in [6.45, 7) is 7.63. The van der Waals surface area contributed by atoms with E-state index in [1.807, 2.05) is 26.8 Å². The van der Waals surface area contributed by atoms with Gasteiger partial charge in [-0.3, -0.25) is 4.79 Å². The van der Waals surface area contributed by atoms with Crippen LogP contribution in [0.4, 0.5) is 0 Å². The molecule has 2 aromatic rings. The number of nitrogens with one attached hydrogen (secondary N) is 1. The first kappa shape index (κ1) is 17.2. The molecular weight excluding hydrogens is 298 g/mol. The fraction of sp³-hybridized carbons (Fsp3) is 0.562. The van der Waals surface area contributed by atoms with E-state index in [2.05, 4.69) is 15.5 Å². The first-order valence-electron chi connectivity index (χ1n) is 7.84. The topological polar surface area (TPSA) is 90.4 Å². The Morgan fingerprint density at radius 1 is 1.30 bits per heavy atom. The summed E-state index contributed by atoms with van der Waals surface area (Å²) in [5.41, 5.74) is 0.793. The van der Waals surface area contributed by atoms with Gasteiger partial charge in [0.1, 0.15) is 11.5 Å². The lowest BCUT2D eigenvalue weighted by atomic mass is 10.2. The summed E-state index contributed by atoms with van der Waals surface area (Å²) in [6.07, 6.45) is 1.54. The second-order valence-corrected chi connectivity index (χ2v) is 5.23. The first-order valence-corrected chi connectivity index (χ1v) is 7.84. The van der Waals surface area contributed by atoms with E-state index in [1.165, 1.54) is 0 Å². The number of furan rings is 1. The highest BCUT2D eigenvalue weighted by molar-refractivity contribution is 5.75. The predicted molar refractivity (Wildman–Crippen MR) is 83.9 cm³/mol. The molecule has 7 nitrogen and oxygen atoms in total. The number of aryl methyl sites for hydroxylation is 3. The van der Waals surface area contributed by atoms with Crippen LogP contribution in [0.5, 0.6) is 0 Å². The summed E-state index contributed by atoms with van der Waals surface area (Å²) in [5, 5.41) is 10.8. The molecule has 1 N–H and O–H groups in total. The van der Waals surface area contributed by atoms with Crippen LogP contribution in [-0.4, -0.2) is 35.9 Å². The molecule has 0 bridgehead atoms. The Balaban J connectivity index is 1.76. The molecular formula is C16H23N3O4. The minimum Gasteiger partial charge on any atom is -0.466 e. The molecule has 126 valence electrons. The van der Waals surface area contributed by atoms with Gasteiger partial charge in [-0.05, 0) is 33.3 Å². The maximum atomic E-state index is 11.7. The molecule has 0 aliphatic heterocycles. The van der Waals surface area contributed by atoms with Crippen LogP contribution >= 0.6 is 0 Å². The fourth-order valence-corrected chi connectivity index (χ4v) is 2.16. The van der Waals surface area contributed by atoms with Crippen molar-refractivity contribution in [3.8, 4) is 11.5 Å². The highest BCUT2D eigenvalue weighted by Crippen LogP contribution is 2.25. The maximum absolute atomic E-state index is 11.7. The predicted octanol–water partition coefficient (Wildman–Crippen LogP) is 2.42. The van der Waals surface area contributed by atoms with Gasteiger partial charge in [-0.15, -0.1) is 10.2 Å². The number of carbonyl (C=O) groups excluding carboxylic acids is 1. The third kappa shape index (κ3) is 5.21. The minimum atomic E-state index is -0.0309. The van der Waals surface area contributed by atoms with E-state index in [0.717, 1.165) is 23.5 Å². The van der Waals surface area contributed by atoms with E-state index in [4.69, 9.17) is 13.6 Å². The highest BCUT2D eigenvalue weighted by atomic mass is 16.5. The van der Waals surface area contributed by atoms with Crippen molar-refractivity contribution in [1.82, 2.24) is 15.5 Å². The van der Waals surface area contributed by atoms with E-state index < -0.39 is 0 Å². The van der Waals surface area contributed by atoms with Crippen molar-refractivity contribution < 1.29 is 18.4 Å². The monoisotopic (exact) mass is 321 g/mol. The maximum Gasteiger partial charge on any atom is 0.251 e. The van der Waals surface area contributed by atoms with Crippen LogP contribution in [0.15, 0.2) is 14.9 Å². The van der Waals surface area contributed by atoms with Crippen LogP contribution in [0, 0.1) is 13.8 Å². The van der Waals surface area contributed by atoms with Gasteiger partial charge in [0.15, 0.2) is 0 Å². The number of amides is 1. The fourth-order valence-electron chi connectivity index (χ4n) is 2.16. The smallest absolute Gasteiger partial charge is 0.251 e. The summed E-state index contributed by atoms with van der Waals surface area (Å²) in [6, 6.07) is 1.86. The Kier molecular flexibility index (Phi) is 6.34. The Bertz CT molecular complexity index is 633. The molecule has 0 saturated heterocycles. The van der Waals surface area contributed by atoms with E-state index >= 15 is 0 Å². The molecule has 0 aromatic carbocycles. The van der Waals surface area contributed by atoms with Gasteiger partial charge < -0.3 is 18.9 Å². The zero-order valence-electron chi connectivity index (χ0n) is 13.8. The van der Waals surface area contributed by atoms with Crippen molar-refractivity contribution >= 4 is 5.91 Å². The standard InChI is InChI=1S/C16H23N3O4/c1-4-21-9-5-8-17-14(20)6-7-15-18-19-16(23-15)13-10-11(2)22-12(13)3/h10H,4-9H2,1-3H3,(H,17,20). The molecule has 0 atom stereocenters. The van der Waals surface area contributed by atoms with Gasteiger partial charge in [0.25, 0.3) is 5.89 Å². The second-order valence-electron chi connectivity index (χ2n) is 5.23. The molecule has 0 aliphatic carbocycles. The Morgan fingerprint density at radius 3 is 2.83 bits per heavy atom. The third-order valence-corrected chi connectivity index (χ3v) is 3.30. The van der Waals surface area contributed by atoms with Crippen LogP contribution in [-0.2, 0) is 16.0 Å². The molecule has 0 unspecified atom stereocenters. The van der Waals surface area contributed by atoms with Gasteiger partial charge in [-0.2, -0.15) is 0 Å². The number of hydrogen-bond acceptors (Lipinski definition) is 6. The highest BCUT2D eigenvalue weighted by Gasteiger charge is 2.15. The van der Waals surface area contributed by atoms with Gasteiger partial charge in [-0.25, -0.2) is 0 Å². The number of nitrogens with zero attached hydrogens (tertiary/aromatic N) is 2. The van der Waals surface area contributed by atoms with Crippen molar-refractivity contribution in [2.45, 2.75) is 40.0 Å². The summed E-state index contributed by atoms with van der Waals surface area (Å²) in [5.74, 6) is 2.37. The van der Waals surface area contributed by atoms with E-state index in [9.17, 15) is 4.79 Å². The molecule has 1 amide bonds. The van der Waals surface area contributed by atoms with Crippen LogP contribution in [0.25, 0.3) is 11.5 Å². The molecule has 0 spiro atoms. The molecule has 0 radical (unpaired) electrons. The molecule has 2 aromatic heterocycles. The van der Waals surface area contributed by atoms with Crippen LogP contribution in [0.2, 0.25) is 0 Å². The molecule has 0 aliphatic rings. The summed E-state index contributed by atoms with van der Waals surface area (Å²) in [7, 11) is 0. The van der Waals surface area contributed by atoms with Crippen molar-refractivity contribution in [2.24, 2.45) is 0 Å². The normalized spacial score (nSPS) is 10.9. The van der Waals surface area contributed by atoms with E-state index in [0.29, 0.717) is 44.4 Å². The Labute approximate surface area is 135 Å². The molecule has 23 heavy (non-hydrogen) atoms. The number of aromatic nitrogens is 2. The van der Waals surface area contributed by atoms with Crippen molar-refractivity contribution in [3.63, 3.8) is 0 Å². The lowest BCUT2D eigenvalue weighted by Gasteiger charge is -2.04. The SMILES string of the molecule is CCOCCCNC(=O)CCc1nnc(-c2cc(C)oc2C)o1. The lowest BCUT2D eigenvalue weighted by molar-refractivity contribution is -0.121. The number of hydrogen-bond donors (Lipinski definition) is 1. The molecule has 2 rings (SSSR count). The largest absolute Gasteiger partial charge is 0.466 e.